The summed E-state index contributed by atoms with van der Waals surface area (Å²) in [7, 11) is 0. The van der Waals surface area contributed by atoms with Crippen LogP contribution in [0.4, 0.5) is 0 Å². The molecule has 1 N–H and O–H groups in total. The number of furan rings is 1. The van der Waals surface area contributed by atoms with Gasteiger partial charge in [-0.3, -0.25) is 0 Å². The van der Waals surface area contributed by atoms with Gasteiger partial charge < -0.3 is 13.9 Å². The number of benzene rings is 1. The molecule has 0 saturated carbocycles. The van der Waals surface area contributed by atoms with Gasteiger partial charge in [0.2, 0.25) is 11.7 Å². The number of carboxylic acids is 1. The van der Waals surface area contributed by atoms with Gasteiger partial charge in [0.1, 0.15) is 5.58 Å². The second-order valence-corrected chi connectivity index (χ2v) is 5.09. The van der Waals surface area contributed by atoms with Crippen molar-refractivity contribution in [1.82, 2.24) is 10.2 Å². The highest BCUT2D eigenvalue weighted by atomic mass is 32.2. The Morgan fingerprint density at radius 1 is 1.30 bits per heavy atom. The van der Waals surface area contributed by atoms with Crippen LogP contribution in [0.25, 0.3) is 11.0 Å². The molecule has 1 aromatic carbocycles. The van der Waals surface area contributed by atoms with Crippen LogP contribution in [-0.2, 0) is 5.75 Å². The minimum absolute atomic E-state index is 0.0580. The van der Waals surface area contributed by atoms with Crippen LogP contribution in [0, 0.1) is 6.92 Å². The average Bonchev–Trinajstić information content (AvgIpc) is 3.01. The molecule has 0 fully saturated rings. The van der Waals surface area contributed by atoms with Gasteiger partial charge in [0.15, 0.2) is 0 Å². The molecular weight excluding hydrogens is 280 g/mol. The highest BCUT2D eigenvalue weighted by Crippen LogP contribution is 2.25. The Bertz CT molecular complexity index is 778. The summed E-state index contributed by atoms with van der Waals surface area (Å²) < 4.78 is 10.5. The fraction of sp³-hybridized carbons (Fsp3) is 0.154. The SMILES string of the molecule is Cc1nnc(SCc2ccc3oc(C(=O)O)cc3c2)o1. The summed E-state index contributed by atoms with van der Waals surface area (Å²) in [6.07, 6.45) is 0. The number of rotatable bonds is 4. The van der Waals surface area contributed by atoms with Gasteiger partial charge in [-0.1, -0.05) is 17.8 Å². The Morgan fingerprint density at radius 2 is 2.15 bits per heavy atom. The molecule has 3 rings (SSSR count). The largest absolute Gasteiger partial charge is 0.475 e. The Balaban J connectivity index is 1.80. The highest BCUT2D eigenvalue weighted by Gasteiger charge is 2.11. The molecular formula is C13H10N2O4S. The summed E-state index contributed by atoms with van der Waals surface area (Å²) in [6.45, 7) is 1.74. The molecule has 7 heteroatoms. The summed E-state index contributed by atoms with van der Waals surface area (Å²) in [5.41, 5.74) is 1.58. The van der Waals surface area contributed by atoms with Gasteiger partial charge in [-0.25, -0.2) is 4.79 Å². The van der Waals surface area contributed by atoms with Gasteiger partial charge >= 0.3 is 5.97 Å². The van der Waals surface area contributed by atoms with E-state index in [1.807, 2.05) is 12.1 Å². The molecule has 2 aromatic heterocycles. The van der Waals surface area contributed by atoms with Gasteiger partial charge in [-0.2, -0.15) is 0 Å². The molecule has 0 amide bonds. The molecule has 0 aliphatic rings. The predicted octanol–water partition coefficient (Wildman–Crippen LogP) is 3.11. The average molecular weight is 290 g/mol. The van der Waals surface area contributed by atoms with Crippen molar-refractivity contribution in [2.24, 2.45) is 0 Å². The van der Waals surface area contributed by atoms with E-state index in [4.69, 9.17) is 13.9 Å². The predicted molar refractivity (Wildman–Crippen MR) is 71.8 cm³/mol. The number of carboxylic acid groups (broad SMARTS) is 1. The molecule has 0 radical (unpaired) electrons. The first-order chi connectivity index (χ1) is 9.61. The third-order valence-electron chi connectivity index (χ3n) is 2.66. The van der Waals surface area contributed by atoms with Crippen molar-refractivity contribution in [2.75, 3.05) is 0 Å². The van der Waals surface area contributed by atoms with Crippen molar-refractivity contribution in [3.8, 4) is 0 Å². The molecule has 3 aromatic rings. The van der Waals surface area contributed by atoms with E-state index in [1.165, 1.54) is 17.8 Å². The molecule has 0 saturated heterocycles. The number of fused-ring (bicyclic) bond motifs is 1. The van der Waals surface area contributed by atoms with Crippen molar-refractivity contribution < 1.29 is 18.7 Å². The molecule has 102 valence electrons. The molecule has 0 bridgehead atoms. The normalized spacial score (nSPS) is 11.1. The molecule has 2 heterocycles. The quantitative estimate of drug-likeness (QED) is 0.738. The Morgan fingerprint density at radius 3 is 2.85 bits per heavy atom. The summed E-state index contributed by atoms with van der Waals surface area (Å²) in [5.74, 6) is 0.0604. The van der Waals surface area contributed by atoms with E-state index in [9.17, 15) is 4.79 Å². The van der Waals surface area contributed by atoms with Crippen LogP contribution < -0.4 is 0 Å². The zero-order chi connectivity index (χ0) is 14.1. The van der Waals surface area contributed by atoms with Crippen LogP contribution >= 0.6 is 11.8 Å². The molecule has 0 aliphatic carbocycles. The Kier molecular flexibility index (Phi) is 3.19. The fourth-order valence-electron chi connectivity index (χ4n) is 1.77. The third-order valence-corrected chi connectivity index (χ3v) is 3.55. The standard InChI is InChI=1S/C13H10N2O4S/c1-7-14-15-13(18-7)20-6-8-2-3-10-9(4-8)5-11(19-10)12(16)17/h2-5H,6H2,1H3,(H,16,17). The molecule has 20 heavy (non-hydrogen) atoms. The maximum atomic E-state index is 10.8. The van der Waals surface area contributed by atoms with E-state index in [0.29, 0.717) is 22.4 Å². The van der Waals surface area contributed by atoms with Gasteiger partial charge in [0.25, 0.3) is 5.22 Å². The smallest absolute Gasteiger partial charge is 0.371 e. The lowest BCUT2D eigenvalue weighted by Crippen LogP contribution is -1.91. The van der Waals surface area contributed by atoms with E-state index in [2.05, 4.69) is 10.2 Å². The number of aromatic carboxylic acids is 1. The second-order valence-electron chi connectivity index (χ2n) is 4.16. The zero-order valence-corrected chi connectivity index (χ0v) is 11.3. The summed E-state index contributed by atoms with van der Waals surface area (Å²) in [6, 6.07) is 7.05. The van der Waals surface area contributed by atoms with Crippen molar-refractivity contribution in [2.45, 2.75) is 17.9 Å². The lowest BCUT2D eigenvalue weighted by Gasteiger charge is -1.97. The van der Waals surface area contributed by atoms with Crippen LogP contribution in [0.1, 0.15) is 22.0 Å². The van der Waals surface area contributed by atoms with Gasteiger partial charge in [-0.15, -0.1) is 10.2 Å². The van der Waals surface area contributed by atoms with Crippen LogP contribution in [0.5, 0.6) is 0 Å². The van der Waals surface area contributed by atoms with Crippen molar-refractivity contribution in [3.63, 3.8) is 0 Å². The molecule has 0 spiro atoms. The number of hydrogen-bond acceptors (Lipinski definition) is 6. The number of thioether (sulfide) groups is 1. The first-order valence-corrected chi connectivity index (χ1v) is 6.79. The van der Waals surface area contributed by atoms with E-state index in [0.717, 1.165) is 10.9 Å². The molecule has 6 nitrogen and oxygen atoms in total. The third kappa shape index (κ3) is 2.53. The number of aryl methyl sites for hydroxylation is 1. The molecule has 0 unspecified atom stereocenters. The van der Waals surface area contributed by atoms with Gasteiger partial charge in [0, 0.05) is 18.1 Å². The van der Waals surface area contributed by atoms with Crippen molar-refractivity contribution in [3.05, 3.63) is 41.5 Å². The Labute approximate surface area is 117 Å². The second kappa shape index (κ2) is 5.01. The van der Waals surface area contributed by atoms with E-state index in [1.54, 1.807) is 13.0 Å². The lowest BCUT2D eigenvalue weighted by atomic mass is 10.2. The van der Waals surface area contributed by atoms with Crippen LogP contribution in [0.2, 0.25) is 0 Å². The number of aromatic nitrogens is 2. The monoisotopic (exact) mass is 290 g/mol. The first kappa shape index (κ1) is 12.7. The van der Waals surface area contributed by atoms with Crippen LogP contribution in [0.3, 0.4) is 0 Å². The first-order valence-electron chi connectivity index (χ1n) is 5.80. The number of hydrogen-bond donors (Lipinski definition) is 1. The molecule has 0 atom stereocenters. The maximum Gasteiger partial charge on any atom is 0.371 e. The zero-order valence-electron chi connectivity index (χ0n) is 10.5. The van der Waals surface area contributed by atoms with Crippen LogP contribution in [-0.4, -0.2) is 21.3 Å². The van der Waals surface area contributed by atoms with E-state index in [-0.39, 0.29) is 5.76 Å². The van der Waals surface area contributed by atoms with Crippen molar-refractivity contribution >= 4 is 28.7 Å². The number of nitrogens with zero attached hydrogens (tertiary/aromatic N) is 2. The van der Waals surface area contributed by atoms with Gasteiger partial charge in [-0.05, 0) is 23.8 Å². The Hall–Kier alpha value is -2.28. The van der Waals surface area contributed by atoms with Gasteiger partial charge in [0.05, 0.1) is 0 Å². The fourth-order valence-corrected chi connectivity index (χ4v) is 2.52. The van der Waals surface area contributed by atoms with E-state index >= 15 is 0 Å². The topological polar surface area (TPSA) is 89.4 Å². The highest BCUT2D eigenvalue weighted by molar-refractivity contribution is 7.98. The minimum Gasteiger partial charge on any atom is -0.475 e. The summed E-state index contributed by atoms with van der Waals surface area (Å²) in [5, 5.41) is 17.8. The van der Waals surface area contributed by atoms with Crippen molar-refractivity contribution in [1.29, 1.82) is 0 Å². The lowest BCUT2D eigenvalue weighted by molar-refractivity contribution is 0.0665. The summed E-state index contributed by atoms with van der Waals surface area (Å²) in [4.78, 5) is 10.8. The number of carbonyl (C=O) groups is 1. The maximum absolute atomic E-state index is 10.8. The van der Waals surface area contributed by atoms with E-state index < -0.39 is 5.97 Å². The molecule has 0 aliphatic heterocycles. The summed E-state index contributed by atoms with van der Waals surface area (Å²) >= 11 is 1.43. The minimum atomic E-state index is -1.07. The van der Waals surface area contributed by atoms with Crippen LogP contribution in [0.15, 0.2) is 38.3 Å².